The van der Waals surface area contributed by atoms with Crippen molar-refractivity contribution < 1.29 is 24.2 Å². The van der Waals surface area contributed by atoms with Gasteiger partial charge >= 0.3 is 5.97 Å². The number of nitrogens with zero attached hydrogens (tertiary/aromatic N) is 1. The number of halogens is 1. The molecule has 0 spiro atoms. The minimum Gasteiger partial charge on any atom is -0.497 e. The van der Waals surface area contributed by atoms with Crippen molar-refractivity contribution in [2.45, 2.75) is 19.4 Å². The van der Waals surface area contributed by atoms with Gasteiger partial charge in [0.15, 0.2) is 0 Å². The van der Waals surface area contributed by atoms with E-state index in [1.807, 2.05) is 36.4 Å². The summed E-state index contributed by atoms with van der Waals surface area (Å²) in [7, 11) is 1.48. The predicted molar refractivity (Wildman–Crippen MR) is 163 cm³/mol. The van der Waals surface area contributed by atoms with E-state index in [1.165, 1.54) is 13.2 Å². The van der Waals surface area contributed by atoms with Crippen molar-refractivity contribution in [3.63, 3.8) is 0 Å². The second-order valence-corrected chi connectivity index (χ2v) is 10.5. The van der Waals surface area contributed by atoms with Crippen LogP contribution in [0.15, 0.2) is 78.9 Å². The molecule has 4 aromatic carbocycles. The maximum Gasteiger partial charge on any atom is 0.336 e. The summed E-state index contributed by atoms with van der Waals surface area (Å²) in [4.78, 5) is 39.3. The molecule has 0 unspecified atom stereocenters. The zero-order chi connectivity index (χ0) is 29.8. The molecular weight excluding hydrogens is 554 g/mol. The Kier molecular flexibility index (Phi) is 8.45. The van der Waals surface area contributed by atoms with Crippen molar-refractivity contribution in [1.29, 1.82) is 0 Å². The number of hydrogen-bond acceptors (Lipinski definition) is 5. The normalized spacial score (nSPS) is 12.1. The van der Waals surface area contributed by atoms with E-state index in [0.29, 0.717) is 52.5 Å². The van der Waals surface area contributed by atoms with E-state index in [1.54, 1.807) is 36.4 Å². The van der Waals surface area contributed by atoms with Crippen LogP contribution in [0.25, 0.3) is 11.1 Å². The van der Waals surface area contributed by atoms with Crippen molar-refractivity contribution in [3.05, 3.63) is 117 Å². The molecule has 4 aromatic rings. The van der Waals surface area contributed by atoms with E-state index in [4.69, 9.17) is 22.1 Å². The molecule has 0 aliphatic carbocycles. The van der Waals surface area contributed by atoms with Gasteiger partial charge < -0.3 is 25.8 Å². The second-order valence-electron chi connectivity index (χ2n) is 10.1. The molecule has 1 aliphatic heterocycles. The molecule has 0 saturated heterocycles. The van der Waals surface area contributed by atoms with Crippen molar-refractivity contribution in [3.8, 4) is 16.9 Å². The third-order valence-electron chi connectivity index (χ3n) is 7.42. The first-order valence-corrected chi connectivity index (χ1v) is 13.9. The maximum absolute atomic E-state index is 13.2. The quantitative estimate of drug-likeness (QED) is 0.231. The highest BCUT2D eigenvalue weighted by molar-refractivity contribution is 6.30. The summed E-state index contributed by atoms with van der Waals surface area (Å²) in [5.41, 5.74) is 11.4. The number of nitrogens with one attached hydrogen (secondary N) is 1. The number of aromatic carboxylic acids is 1. The number of benzene rings is 4. The van der Waals surface area contributed by atoms with Gasteiger partial charge in [-0.25, -0.2) is 4.79 Å². The van der Waals surface area contributed by atoms with E-state index in [9.17, 15) is 19.5 Å². The lowest BCUT2D eigenvalue weighted by Gasteiger charge is -2.23. The number of carboxylic acid groups (broad SMARTS) is 1. The SMILES string of the molecule is COc1ccc(-c2cc(C(=O)NCCc3cccc(Cl)c3)ccc2CN2CCc3cc(C(N)=O)ccc32)c(C(=O)O)c1. The van der Waals surface area contributed by atoms with Crippen LogP contribution in [0.2, 0.25) is 5.02 Å². The molecule has 4 N–H and O–H groups in total. The zero-order valence-electron chi connectivity index (χ0n) is 23.0. The first kappa shape index (κ1) is 28.7. The fourth-order valence-corrected chi connectivity index (χ4v) is 5.49. The Morgan fingerprint density at radius 1 is 0.976 bits per heavy atom. The second kappa shape index (κ2) is 12.4. The van der Waals surface area contributed by atoms with Crippen LogP contribution < -0.4 is 20.7 Å². The number of carboxylic acids is 1. The Bertz CT molecular complexity index is 1690. The maximum atomic E-state index is 13.2. The fourth-order valence-electron chi connectivity index (χ4n) is 5.28. The number of hydrogen-bond donors (Lipinski definition) is 3. The summed E-state index contributed by atoms with van der Waals surface area (Å²) in [6.45, 7) is 1.61. The van der Waals surface area contributed by atoms with Gasteiger partial charge in [0.25, 0.3) is 5.91 Å². The fraction of sp³-hybridized carbons (Fsp3) is 0.182. The molecule has 214 valence electrons. The number of nitrogens with two attached hydrogens (primary N) is 1. The van der Waals surface area contributed by atoms with Gasteiger partial charge in [-0.05, 0) is 101 Å². The van der Waals surface area contributed by atoms with E-state index in [0.717, 1.165) is 35.3 Å². The van der Waals surface area contributed by atoms with Crippen LogP contribution in [0.3, 0.4) is 0 Å². The summed E-state index contributed by atoms with van der Waals surface area (Å²) in [6.07, 6.45) is 1.37. The van der Waals surface area contributed by atoms with Gasteiger partial charge in [-0.3, -0.25) is 9.59 Å². The third-order valence-corrected chi connectivity index (χ3v) is 7.66. The minimum atomic E-state index is -1.10. The molecule has 0 aromatic heterocycles. The smallest absolute Gasteiger partial charge is 0.336 e. The zero-order valence-corrected chi connectivity index (χ0v) is 23.8. The van der Waals surface area contributed by atoms with Crippen LogP contribution in [-0.2, 0) is 19.4 Å². The molecule has 2 amide bonds. The van der Waals surface area contributed by atoms with E-state index in [2.05, 4.69) is 10.2 Å². The summed E-state index contributed by atoms with van der Waals surface area (Å²) in [5.74, 6) is -1.41. The van der Waals surface area contributed by atoms with Gasteiger partial charge in [-0.2, -0.15) is 0 Å². The van der Waals surface area contributed by atoms with Gasteiger partial charge in [0.1, 0.15) is 5.75 Å². The number of rotatable bonds is 10. The highest BCUT2D eigenvalue weighted by atomic mass is 35.5. The topological polar surface area (TPSA) is 122 Å². The summed E-state index contributed by atoms with van der Waals surface area (Å²) in [6, 6.07) is 23.2. The number of primary amides is 1. The average Bonchev–Trinajstić information content (AvgIpc) is 3.38. The molecule has 8 nitrogen and oxygen atoms in total. The van der Waals surface area contributed by atoms with Crippen molar-refractivity contribution >= 4 is 35.1 Å². The highest BCUT2D eigenvalue weighted by Gasteiger charge is 2.23. The minimum absolute atomic E-state index is 0.0713. The van der Waals surface area contributed by atoms with Crippen molar-refractivity contribution in [2.24, 2.45) is 5.73 Å². The van der Waals surface area contributed by atoms with Gasteiger partial charge in [-0.1, -0.05) is 29.8 Å². The monoisotopic (exact) mass is 583 g/mol. The molecule has 1 heterocycles. The molecule has 0 bridgehead atoms. The van der Waals surface area contributed by atoms with E-state index >= 15 is 0 Å². The number of carbonyl (C=O) groups excluding carboxylic acids is 2. The average molecular weight is 584 g/mol. The molecule has 42 heavy (non-hydrogen) atoms. The molecule has 0 saturated carbocycles. The molecule has 5 rings (SSSR count). The van der Waals surface area contributed by atoms with Gasteiger partial charge in [0.2, 0.25) is 5.91 Å². The van der Waals surface area contributed by atoms with Crippen LogP contribution >= 0.6 is 11.6 Å². The van der Waals surface area contributed by atoms with E-state index < -0.39 is 11.9 Å². The third kappa shape index (κ3) is 6.24. The Morgan fingerprint density at radius 3 is 2.52 bits per heavy atom. The lowest BCUT2D eigenvalue weighted by molar-refractivity contribution is 0.0696. The van der Waals surface area contributed by atoms with Crippen molar-refractivity contribution in [2.75, 3.05) is 25.1 Å². The Balaban J connectivity index is 1.47. The molecule has 0 atom stereocenters. The van der Waals surface area contributed by atoms with E-state index in [-0.39, 0.29) is 11.5 Å². The van der Waals surface area contributed by atoms with Crippen LogP contribution in [0.4, 0.5) is 5.69 Å². The number of methoxy groups -OCH3 is 1. The van der Waals surface area contributed by atoms with Crippen LogP contribution in [0.1, 0.15) is 47.8 Å². The number of anilines is 1. The largest absolute Gasteiger partial charge is 0.497 e. The molecular formula is C33H30ClN3O5. The number of ether oxygens (including phenoxy) is 1. The Hall–Kier alpha value is -4.82. The standard InChI is InChI=1S/C33H30ClN3O5/c1-42-26-8-9-27(29(18-26)33(40)41)28-17-23(32(39)36-13-11-20-3-2-4-25(34)15-20)5-6-24(28)19-37-14-12-21-16-22(31(35)38)7-10-30(21)37/h2-10,15-18H,11-14,19H2,1H3,(H2,35,38)(H,36,39)(H,40,41). The highest BCUT2D eigenvalue weighted by Crippen LogP contribution is 2.35. The first-order chi connectivity index (χ1) is 20.2. The van der Waals surface area contributed by atoms with Gasteiger partial charge in [0.05, 0.1) is 12.7 Å². The first-order valence-electron chi connectivity index (χ1n) is 13.5. The lowest BCUT2D eigenvalue weighted by Crippen LogP contribution is -2.26. The molecule has 9 heteroatoms. The summed E-state index contributed by atoms with van der Waals surface area (Å²) < 4.78 is 5.27. The summed E-state index contributed by atoms with van der Waals surface area (Å²) >= 11 is 6.08. The number of fused-ring (bicyclic) bond motifs is 1. The number of amides is 2. The lowest BCUT2D eigenvalue weighted by atomic mass is 9.92. The van der Waals surface area contributed by atoms with Crippen LogP contribution in [0.5, 0.6) is 5.75 Å². The summed E-state index contributed by atoms with van der Waals surface area (Å²) in [5, 5.41) is 13.6. The molecule has 0 fully saturated rings. The van der Waals surface area contributed by atoms with Crippen molar-refractivity contribution in [1.82, 2.24) is 5.32 Å². The van der Waals surface area contributed by atoms with Crippen LogP contribution in [-0.4, -0.2) is 43.1 Å². The predicted octanol–water partition coefficient (Wildman–Crippen LogP) is 5.35. The molecule has 0 radical (unpaired) electrons. The molecule has 1 aliphatic rings. The Morgan fingerprint density at radius 2 is 1.79 bits per heavy atom. The number of carbonyl (C=O) groups is 3. The van der Waals surface area contributed by atoms with Crippen LogP contribution in [0, 0.1) is 0 Å². The Labute approximate surface area is 248 Å². The van der Waals surface area contributed by atoms with Gasteiger partial charge in [0, 0.05) is 41.5 Å². The van der Waals surface area contributed by atoms with Gasteiger partial charge in [-0.15, -0.1) is 0 Å².